The summed E-state index contributed by atoms with van der Waals surface area (Å²) in [5, 5.41) is 0.564. The zero-order valence-electron chi connectivity index (χ0n) is 9.88. The number of hydrogen-bond donors (Lipinski definition) is 0. The zero-order valence-corrected chi connectivity index (χ0v) is 11.4. The first-order chi connectivity index (χ1) is 9.15. The van der Waals surface area contributed by atoms with Crippen LogP contribution >= 0.6 is 23.2 Å². The van der Waals surface area contributed by atoms with Crippen LogP contribution in [0.25, 0.3) is 0 Å². The quantitative estimate of drug-likeness (QED) is 0.759. The fourth-order valence-corrected chi connectivity index (χ4v) is 2.44. The minimum absolute atomic E-state index is 0.149. The Labute approximate surface area is 119 Å². The Balaban J connectivity index is 1.87. The molecule has 0 spiro atoms. The van der Waals surface area contributed by atoms with Crippen molar-refractivity contribution in [1.82, 2.24) is 19.4 Å². The predicted octanol–water partition coefficient (Wildman–Crippen LogP) is 2.24. The molecule has 1 amide bonds. The number of halogens is 2. The predicted molar refractivity (Wildman–Crippen MR) is 71.2 cm³/mol. The highest BCUT2D eigenvalue weighted by atomic mass is 35.5. The Morgan fingerprint density at radius 1 is 1.26 bits per heavy atom. The summed E-state index contributed by atoms with van der Waals surface area (Å²) in [4.78, 5) is 22.2. The lowest BCUT2D eigenvalue weighted by Gasteiger charge is -2.28. The molecule has 5 nitrogen and oxygen atoms in total. The maximum absolute atomic E-state index is 12.4. The molecule has 0 saturated heterocycles. The van der Waals surface area contributed by atoms with Crippen molar-refractivity contribution < 1.29 is 4.79 Å². The van der Waals surface area contributed by atoms with Gasteiger partial charge in [-0.05, 0) is 6.07 Å². The molecule has 0 fully saturated rings. The van der Waals surface area contributed by atoms with Crippen molar-refractivity contribution in [2.24, 2.45) is 0 Å². The molecule has 0 aliphatic carbocycles. The molecule has 0 radical (unpaired) electrons. The summed E-state index contributed by atoms with van der Waals surface area (Å²) >= 11 is 11.8. The number of pyridine rings is 1. The van der Waals surface area contributed by atoms with Crippen LogP contribution in [0, 0.1) is 0 Å². The van der Waals surface area contributed by atoms with Gasteiger partial charge >= 0.3 is 0 Å². The Bertz CT molecular complexity index is 640. The van der Waals surface area contributed by atoms with Crippen LogP contribution in [-0.4, -0.2) is 31.9 Å². The van der Waals surface area contributed by atoms with E-state index >= 15 is 0 Å². The van der Waals surface area contributed by atoms with Crippen LogP contribution in [0.4, 0.5) is 0 Å². The zero-order chi connectivity index (χ0) is 13.4. The van der Waals surface area contributed by atoms with Gasteiger partial charge in [0.2, 0.25) is 0 Å². The van der Waals surface area contributed by atoms with E-state index in [0.717, 1.165) is 12.4 Å². The van der Waals surface area contributed by atoms with Crippen molar-refractivity contribution >= 4 is 29.1 Å². The number of nitrogens with zero attached hydrogens (tertiary/aromatic N) is 4. The van der Waals surface area contributed by atoms with E-state index in [9.17, 15) is 4.79 Å². The number of rotatable bonds is 1. The second-order valence-electron chi connectivity index (χ2n) is 4.25. The van der Waals surface area contributed by atoms with E-state index in [2.05, 4.69) is 9.97 Å². The van der Waals surface area contributed by atoms with E-state index in [4.69, 9.17) is 23.2 Å². The van der Waals surface area contributed by atoms with Gasteiger partial charge in [-0.1, -0.05) is 23.2 Å². The smallest absolute Gasteiger partial charge is 0.256 e. The van der Waals surface area contributed by atoms with Crippen LogP contribution in [0.1, 0.15) is 16.2 Å². The van der Waals surface area contributed by atoms with Gasteiger partial charge in [-0.3, -0.25) is 4.79 Å². The van der Waals surface area contributed by atoms with Gasteiger partial charge in [0.1, 0.15) is 11.0 Å². The van der Waals surface area contributed by atoms with Crippen LogP contribution in [-0.2, 0) is 13.1 Å². The van der Waals surface area contributed by atoms with Crippen molar-refractivity contribution in [3.05, 3.63) is 46.2 Å². The van der Waals surface area contributed by atoms with Gasteiger partial charge in [-0.25, -0.2) is 9.97 Å². The topological polar surface area (TPSA) is 51.0 Å². The van der Waals surface area contributed by atoms with Crippen molar-refractivity contribution in [1.29, 1.82) is 0 Å². The molecule has 0 unspecified atom stereocenters. The first kappa shape index (κ1) is 12.4. The molecule has 1 aliphatic heterocycles. The van der Waals surface area contributed by atoms with E-state index in [-0.39, 0.29) is 11.1 Å². The number of carbonyl (C=O) groups is 1. The third-order valence-corrected chi connectivity index (χ3v) is 3.59. The standard InChI is InChI=1S/C12H10Cl2N4O/c13-9-6-16-10(14)5-8(9)12(19)18-4-3-17-2-1-15-11(17)7-18/h1-2,5-6H,3-4,7H2. The molecule has 1 aliphatic rings. The lowest BCUT2D eigenvalue weighted by Crippen LogP contribution is -2.38. The molecule has 0 saturated carbocycles. The lowest BCUT2D eigenvalue weighted by atomic mass is 10.2. The summed E-state index contributed by atoms with van der Waals surface area (Å²) in [6.45, 7) is 1.83. The van der Waals surface area contributed by atoms with E-state index in [1.807, 2.05) is 10.8 Å². The van der Waals surface area contributed by atoms with Crippen LogP contribution in [0.3, 0.4) is 0 Å². The molecule has 3 rings (SSSR count). The second kappa shape index (κ2) is 4.83. The minimum atomic E-state index is -0.149. The van der Waals surface area contributed by atoms with E-state index < -0.39 is 0 Å². The molecule has 2 aromatic rings. The van der Waals surface area contributed by atoms with Gasteiger partial charge < -0.3 is 9.47 Å². The fraction of sp³-hybridized carbons (Fsp3) is 0.250. The van der Waals surface area contributed by atoms with Gasteiger partial charge in [-0.15, -0.1) is 0 Å². The van der Waals surface area contributed by atoms with Crippen LogP contribution < -0.4 is 0 Å². The third-order valence-electron chi connectivity index (χ3n) is 3.08. The summed E-state index contributed by atoms with van der Waals surface area (Å²) in [6.07, 6.45) is 5.04. The number of carbonyl (C=O) groups excluding carboxylic acids is 1. The van der Waals surface area contributed by atoms with Crippen LogP contribution in [0.15, 0.2) is 24.7 Å². The molecule has 0 bridgehead atoms. The molecule has 0 N–H and O–H groups in total. The van der Waals surface area contributed by atoms with Crippen LogP contribution in [0.2, 0.25) is 10.2 Å². The molecular formula is C12H10Cl2N4O. The summed E-state index contributed by atoms with van der Waals surface area (Å²) in [5.41, 5.74) is 0.377. The first-order valence-electron chi connectivity index (χ1n) is 5.75. The molecule has 0 atom stereocenters. The fourth-order valence-electron chi connectivity index (χ4n) is 2.09. The van der Waals surface area contributed by atoms with Gasteiger partial charge in [0.15, 0.2) is 0 Å². The number of fused-ring (bicyclic) bond motifs is 1. The first-order valence-corrected chi connectivity index (χ1v) is 6.51. The highest BCUT2D eigenvalue weighted by Crippen LogP contribution is 2.22. The molecule has 3 heterocycles. The Kier molecular flexibility index (Phi) is 3.16. The number of amides is 1. The van der Waals surface area contributed by atoms with Crippen molar-refractivity contribution in [2.75, 3.05) is 6.54 Å². The lowest BCUT2D eigenvalue weighted by molar-refractivity contribution is 0.0707. The minimum Gasteiger partial charge on any atom is -0.332 e. The monoisotopic (exact) mass is 296 g/mol. The SMILES string of the molecule is O=C(c1cc(Cl)ncc1Cl)N1CCn2ccnc2C1. The largest absolute Gasteiger partial charge is 0.332 e. The average Bonchev–Trinajstić information content (AvgIpc) is 2.88. The Hall–Kier alpha value is -1.59. The highest BCUT2D eigenvalue weighted by molar-refractivity contribution is 6.35. The number of hydrogen-bond acceptors (Lipinski definition) is 3. The van der Waals surface area contributed by atoms with Gasteiger partial charge in [-0.2, -0.15) is 0 Å². The third kappa shape index (κ3) is 2.31. The van der Waals surface area contributed by atoms with Crippen molar-refractivity contribution in [3.8, 4) is 0 Å². The Morgan fingerprint density at radius 2 is 2.11 bits per heavy atom. The van der Waals surface area contributed by atoms with E-state index in [0.29, 0.717) is 23.7 Å². The van der Waals surface area contributed by atoms with Gasteiger partial charge in [0.25, 0.3) is 5.91 Å². The van der Waals surface area contributed by atoms with E-state index in [1.54, 1.807) is 11.1 Å². The normalized spacial score (nSPS) is 14.3. The maximum atomic E-state index is 12.4. The maximum Gasteiger partial charge on any atom is 0.256 e. The summed E-state index contributed by atoms with van der Waals surface area (Å²) < 4.78 is 2.03. The summed E-state index contributed by atoms with van der Waals surface area (Å²) in [7, 11) is 0. The summed E-state index contributed by atoms with van der Waals surface area (Å²) in [6, 6.07) is 1.49. The van der Waals surface area contributed by atoms with Gasteiger partial charge in [0.05, 0.1) is 17.1 Å². The number of aromatic nitrogens is 3. The molecule has 19 heavy (non-hydrogen) atoms. The van der Waals surface area contributed by atoms with Gasteiger partial charge in [0, 0.05) is 31.7 Å². The highest BCUT2D eigenvalue weighted by Gasteiger charge is 2.24. The van der Waals surface area contributed by atoms with Crippen molar-refractivity contribution in [2.45, 2.75) is 13.1 Å². The second-order valence-corrected chi connectivity index (χ2v) is 5.04. The molecule has 98 valence electrons. The Morgan fingerprint density at radius 3 is 2.95 bits per heavy atom. The summed E-state index contributed by atoms with van der Waals surface area (Å²) in [5.74, 6) is 0.722. The molecular weight excluding hydrogens is 287 g/mol. The molecule has 7 heteroatoms. The van der Waals surface area contributed by atoms with Crippen LogP contribution in [0.5, 0.6) is 0 Å². The average molecular weight is 297 g/mol. The number of imidazole rings is 1. The molecule has 0 aromatic carbocycles. The van der Waals surface area contributed by atoms with E-state index in [1.165, 1.54) is 12.3 Å². The molecule has 2 aromatic heterocycles. The van der Waals surface area contributed by atoms with Crippen molar-refractivity contribution in [3.63, 3.8) is 0 Å².